The number of halogens is 1. The number of carbonyl (C=O) groups is 1. The van der Waals surface area contributed by atoms with E-state index in [9.17, 15) is 13.2 Å². The van der Waals surface area contributed by atoms with Crippen LogP contribution in [0.15, 0.2) is 47.4 Å². The van der Waals surface area contributed by atoms with E-state index in [1.165, 1.54) is 13.2 Å². The number of nitrogens with one attached hydrogen (secondary N) is 2. The lowest BCUT2D eigenvalue weighted by Gasteiger charge is -2.11. The van der Waals surface area contributed by atoms with E-state index in [1.807, 2.05) is 0 Å². The number of ether oxygens (including phenoxy) is 1. The van der Waals surface area contributed by atoms with E-state index in [2.05, 4.69) is 15.3 Å². The van der Waals surface area contributed by atoms with Gasteiger partial charge < -0.3 is 9.72 Å². The highest BCUT2D eigenvalue weighted by atomic mass is 35.5. The van der Waals surface area contributed by atoms with Crippen LogP contribution >= 0.6 is 11.6 Å². The third-order valence-electron chi connectivity index (χ3n) is 4.73. The second kappa shape index (κ2) is 8.49. The lowest BCUT2D eigenvalue weighted by Crippen LogP contribution is -2.19. The van der Waals surface area contributed by atoms with E-state index >= 15 is 0 Å². The number of aromatic amines is 1. The van der Waals surface area contributed by atoms with Crippen LogP contribution in [-0.4, -0.2) is 37.7 Å². The average molecular weight is 448 g/mol. The van der Waals surface area contributed by atoms with Gasteiger partial charge in [0.1, 0.15) is 10.6 Å². The van der Waals surface area contributed by atoms with Crippen molar-refractivity contribution in [3.05, 3.63) is 58.7 Å². The molecule has 0 aliphatic rings. The standard InChI is InChI=1S/C21H22ClN3O4S/c1-12(14-5-8-16(22)9-6-14)20(26)25-21-23-13(2)19(24-21)15-7-10-17(29-3)18(11-15)30(4,27)28/h5-12H,1-4H3,(H2,23,24,25,26)/t12-/m0/s1. The quantitative estimate of drug-likeness (QED) is 0.589. The highest BCUT2D eigenvalue weighted by molar-refractivity contribution is 7.90. The van der Waals surface area contributed by atoms with Gasteiger partial charge in [-0.15, -0.1) is 0 Å². The molecule has 1 heterocycles. The Hall–Kier alpha value is -2.84. The number of sulfone groups is 1. The van der Waals surface area contributed by atoms with Crippen molar-refractivity contribution in [2.75, 3.05) is 18.7 Å². The molecule has 9 heteroatoms. The Balaban J connectivity index is 1.87. The van der Waals surface area contributed by atoms with E-state index in [-0.39, 0.29) is 22.5 Å². The predicted molar refractivity (Wildman–Crippen MR) is 117 cm³/mol. The first-order valence-corrected chi connectivity index (χ1v) is 11.4. The minimum atomic E-state index is -3.49. The SMILES string of the molecule is COc1ccc(-c2nc(NC(=O)[C@@H](C)c3ccc(Cl)cc3)[nH]c2C)cc1S(C)(=O)=O. The summed E-state index contributed by atoms with van der Waals surface area (Å²) in [6, 6.07) is 11.9. The van der Waals surface area contributed by atoms with Crippen molar-refractivity contribution >= 4 is 33.3 Å². The van der Waals surface area contributed by atoms with Crippen LogP contribution in [0.4, 0.5) is 5.95 Å². The molecule has 0 spiro atoms. The molecule has 0 aliphatic heterocycles. The number of hydrogen-bond acceptors (Lipinski definition) is 5. The van der Waals surface area contributed by atoms with Gasteiger partial charge in [-0.1, -0.05) is 23.7 Å². The highest BCUT2D eigenvalue weighted by Gasteiger charge is 2.20. The maximum atomic E-state index is 12.6. The summed E-state index contributed by atoms with van der Waals surface area (Å²) in [6.45, 7) is 3.59. The van der Waals surface area contributed by atoms with E-state index in [0.29, 0.717) is 22.0 Å². The van der Waals surface area contributed by atoms with Gasteiger partial charge in [-0.05, 0) is 49.7 Å². The zero-order chi connectivity index (χ0) is 22.1. The Morgan fingerprint density at radius 1 is 1.20 bits per heavy atom. The van der Waals surface area contributed by atoms with Crippen molar-refractivity contribution < 1.29 is 17.9 Å². The van der Waals surface area contributed by atoms with Gasteiger partial charge in [0.25, 0.3) is 0 Å². The van der Waals surface area contributed by atoms with Crippen molar-refractivity contribution in [1.82, 2.24) is 9.97 Å². The third kappa shape index (κ3) is 4.66. The minimum Gasteiger partial charge on any atom is -0.495 e. The van der Waals surface area contributed by atoms with Gasteiger partial charge in [-0.3, -0.25) is 10.1 Å². The van der Waals surface area contributed by atoms with Gasteiger partial charge in [0.05, 0.1) is 18.7 Å². The van der Waals surface area contributed by atoms with Crippen LogP contribution in [0.5, 0.6) is 5.75 Å². The van der Waals surface area contributed by atoms with Crippen molar-refractivity contribution in [3.63, 3.8) is 0 Å². The Morgan fingerprint density at radius 3 is 2.47 bits per heavy atom. The second-order valence-electron chi connectivity index (χ2n) is 6.96. The topological polar surface area (TPSA) is 101 Å². The van der Waals surface area contributed by atoms with E-state index in [4.69, 9.17) is 16.3 Å². The molecule has 0 bridgehead atoms. The number of hydrogen-bond donors (Lipinski definition) is 2. The zero-order valence-electron chi connectivity index (χ0n) is 17.0. The molecule has 0 aliphatic carbocycles. The van der Waals surface area contributed by atoms with E-state index in [1.54, 1.807) is 50.2 Å². The molecule has 3 aromatic rings. The molecule has 3 rings (SSSR count). The van der Waals surface area contributed by atoms with Crippen molar-refractivity contribution in [2.24, 2.45) is 0 Å². The number of carbonyl (C=O) groups excluding carboxylic acids is 1. The van der Waals surface area contributed by atoms with Crippen LogP contribution in [-0.2, 0) is 14.6 Å². The Bertz CT molecular complexity index is 1190. The molecule has 158 valence electrons. The first-order chi connectivity index (χ1) is 14.1. The number of rotatable bonds is 6. The van der Waals surface area contributed by atoms with Crippen LogP contribution in [0.1, 0.15) is 24.1 Å². The fraction of sp³-hybridized carbons (Fsp3) is 0.238. The third-order valence-corrected chi connectivity index (χ3v) is 6.10. The molecule has 0 saturated heterocycles. The fourth-order valence-corrected chi connectivity index (χ4v) is 4.03. The van der Waals surface area contributed by atoms with Gasteiger partial charge in [-0.2, -0.15) is 0 Å². The van der Waals surface area contributed by atoms with Crippen LogP contribution in [0.3, 0.4) is 0 Å². The molecule has 1 atom stereocenters. The first-order valence-electron chi connectivity index (χ1n) is 9.11. The van der Waals surface area contributed by atoms with Crippen LogP contribution in [0.25, 0.3) is 11.3 Å². The number of H-pyrrole nitrogens is 1. The van der Waals surface area contributed by atoms with E-state index < -0.39 is 15.8 Å². The second-order valence-corrected chi connectivity index (χ2v) is 9.38. The molecule has 1 amide bonds. The summed E-state index contributed by atoms with van der Waals surface area (Å²) in [5.41, 5.74) is 2.65. The summed E-state index contributed by atoms with van der Waals surface area (Å²) in [6.07, 6.45) is 1.12. The molecule has 1 aromatic heterocycles. The van der Waals surface area contributed by atoms with Gasteiger partial charge in [0, 0.05) is 22.5 Å². The number of nitrogens with zero attached hydrogens (tertiary/aromatic N) is 1. The van der Waals surface area contributed by atoms with Crippen molar-refractivity contribution in [1.29, 1.82) is 0 Å². The molecule has 2 aromatic carbocycles. The highest BCUT2D eigenvalue weighted by Crippen LogP contribution is 2.31. The lowest BCUT2D eigenvalue weighted by atomic mass is 10.0. The Labute approximate surface area is 180 Å². The Morgan fingerprint density at radius 2 is 1.87 bits per heavy atom. The van der Waals surface area contributed by atoms with Crippen LogP contribution in [0, 0.1) is 6.92 Å². The lowest BCUT2D eigenvalue weighted by molar-refractivity contribution is -0.117. The van der Waals surface area contributed by atoms with Gasteiger partial charge in [0.2, 0.25) is 11.9 Å². The number of imidazole rings is 1. The molecular formula is C21H22ClN3O4S. The smallest absolute Gasteiger partial charge is 0.233 e. The molecule has 30 heavy (non-hydrogen) atoms. The number of benzene rings is 2. The van der Waals surface area contributed by atoms with Crippen LogP contribution < -0.4 is 10.1 Å². The molecule has 2 N–H and O–H groups in total. The average Bonchev–Trinajstić information content (AvgIpc) is 3.06. The monoisotopic (exact) mass is 447 g/mol. The van der Waals surface area contributed by atoms with Crippen molar-refractivity contribution in [2.45, 2.75) is 24.7 Å². The Kier molecular flexibility index (Phi) is 6.19. The predicted octanol–water partition coefficient (Wildman–Crippen LogP) is 4.19. The fourth-order valence-electron chi connectivity index (χ4n) is 3.04. The molecule has 7 nitrogen and oxygen atoms in total. The zero-order valence-corrected chi connectivity index (χ0v) is 18.6. The molecule has 0 saturated carbocycles. The summed E-state index contributed by atoms with van der Waals surface area (Å²) in [5, 5.41) is 3.37. The van der Waals surface area contributed by atoms with E-state index in [0.717, 1.165) is 11.8 Å². The molecule has 0 unspecified atom stereocenters. The van der Waals surface area contributed by atoms with Crippen molar-refractivity contribution in [3.8, 4) is 17.0 Å². The maximum Gasteiger partial charge on any atom is 0.233 e. The largest absolute Gasteiger partial charge is 0.495 e. The molecular weight excluding hydrogens is 426 g/mol. The summed E-state index contributed by atoms with van der Waals surface area (Å²) in [4.78, 5) is 20.2. The normalized spacial score (nSPS) is 12.4. The van der Waals surface area contributed by atoms with Gasteiger partial charge >= 0.3 is 0 Å². The van der Waals surface area contributed by atoms with Gasteiger partial charge in [0.15, 0.2) is 9.84 Å². The van der Waals surface area contributed by atoms with Gasteiger partial charge in [-0.25, -0.2) is 13.4 Å². The summed E-state index contributed by atoms with van der Waals surface area (Å²) in [5.74, 6) is -0.0945. The number of aromatic nitrogens is 2. The number of aryl methyl sites for hydroxylation is 1. The summed E-state index contributed by atoms with van der Waals surface area (Å²) >= 11 is 5.90. The first kappa shape index (κ1) is 21.9. The maximum absolute atomic E-state index is 12.6. The number of anilines is 1. The number of amides is 1. The molecule has 0 radical (unpaired) electrons. The minimum absolute atomic E-state index is 0.0758. The molecule has 0 fully saturated rings. The number of methoxy groups -OCH3 is 1. The summed E-state index contributed by atoms with van der Waals surface area (Å²) < 4.78 is 29.3. The summed E-state index contributed by atoms with van der Waals surface area (Å²) in [7, 11) is -2.07. The van der Waals surface area contributed by atoms with Crippen LogP contribution in [0.2, 0.25) is 5.02 Å².